The molecule has 3 rings (SSSR count). The number of likely N-dealkylation sites (N-methyl/N-ethyl adjacent to an activating group) is 1. The first-order valence-electron chi connectivity index (χ1n) is 9.25. The number of carboxylic acids is 2. The molecule has 1 unspecified atom stereocenters. The van der Waals surface area contributed by atoms with Gasteiger partial charge < -0.3 is 15.1 Å². The van der Waals surface area contributed by atoms with E-state index in [1.807, 2.05) is 30.3 Å². The summed E-state index contributed by atoms with van der Waals surface area (Å²) in [7, 11) is 1.57. The molecule has 1 heterocycles. The molecule has 1 amide bonds. The van der Waals surface area contributed by atoms with Crippen molar-refractivity contribution in [2.45, 2.75) is 18.1 Å². The molecular weight excluding hydrogens is 452 g/mol. The zero-order valence-corrected chi connectivity index (χ0v) is 17.8. The second kappa shape index (κ2) is 9.23. The number of benzene rings is 2. The minimum atomic E-state index is -1.12. The Kier molecular flexibility index (Phi) is 6.69. The highest BCUT2D eigenvalue weighted by Crippen LogP contribution is 2.38. The lowest BCUT2D eigenvalue weighted by molar-refractivity contribution is -0.168. The first-order chi connectivity index (χ1) is 14.3. The predicted molar refractivity (Wildman–Crippen MR) is 115 cm³/mol. The van der Waals surface area contributed by atoms with Gasteiger partial charge in [0.2, 0.25) is 5.91 Å². The van der Waals surface area contributed by atoms with E-state index in [1.165, 1.54) is 15.9 Å². The number of nitrogens with zero attached hydrogens (tertiary/aromatic N) is 2. The molecule has 0 saturated carbocycles. The van der Waals surface area contributed by atoms with Crippen molar-refractivity contribution in [3.05, 3.63) is 76.3 Å². The van der Waals surface area contributed by atoms with Crippen LogP contribution in [-0.2, 0) is 14.4 Å². The van der Waals surface area contributed by atoms with Crippen LogP contribution < -0.4 is 0 Å². The SMILES string of the molecule is CN(C(/C=C/c1ccccc1)C(=O)O)[C@@H]1C(=O)N(CC(=O)O)[C@@H]1c1ccc(Br)cc1. The summed E-state index contributed by atoms with van der Waals surface area (Å²) in [5.74, 6) is -2.62. The van der Waals surface area contributed by atoms with Crippen molar-refractivity contribution in [2.75, 3.05) is 13.6 Å². The molecule has 0 aliphatic carbocycles. The van der Waals surface area contributed by atoms with Crippen molar-refractivity contribution >= 4 is 39.9 Å². The van der Waals surface area contributed by atoms with Crippen molar-refractivity contribution in [1.29, 1.82) is 0 Å². The summed E-state index contributed by atoms with van der Waals surface area (Å²) >= 11 is 3.36. The smallest absolute Gasteiger partial charge is 0.324 e. The van der Waals surface area contributed by atoms with Crippen LogP contribution in [0, 0.1) is 0 Å². The Bertz CT molecular complexity index is 961. The quantitative estimate of drug-likeness (QED) is 0.573. The van der Waals surface area contributed by atoms with Crippen LogP contribution in [-0.4, -0.2) is 63.5 Å². The molecule has 3 atom stereocenters. The molecule has 7 nitrogen and oxygen atoms in total. The van der Waals surface area contributed by atoms with Crippen molar-refractivity contribution in [3.63, 3.8) is 0 Å². The van der Waals surface area contributed by atoms with Crippen molar-refractivity contribution < 1.29 is 24.6 Å². The van der Waals surface area contributed by atoms with E-state index in [9.17, 15) is 24.6 Å². The van der Waals surface area contributed by atoms with E-state index in [0.717, 1.165) is 15.6 Å². The number of aliphatic carboxylic acids is 2. The van der Waals surface area contributed by atoms with Gasteiger partial charge in [0.15, 0.2) is 0 Å². The summed E-state index contributed by atoms with van der Waals surface area (Å²) in [6.07, 6.45) is 3.23. The average molecular weight is 473 g/mol. The van der Waals surface area contributed by atoms with E-state index in [1.54, 1.807) is 37.4 Å². The van der Waals surface area contributed by atoms with Crippen LogP contribution in [0.1, 0.15) is 17.2 Å². The number of β-lactam (4-membered cyclic amide) rings is 1. The molecule has 1 saturated heterocycles. The molecule has 0 aromatic heterocycles. The Hall–Kier alpha value is -2.97. The molecule has 1 aliphatic heterocycles. The minimum Gasteiger partial charge on any atom is -0.480 e. The number of carbonyl (C=O) groups is 3. The van der Waals surface area contributed by atoms with Crippen LogP contribution in [0.3, 0.4) is 0 Å². The van der Waals surface area contributed by atoms with Gasteiger partial charge in [-0.05, 0) is 30.3 Å². The normalized spacial score (nSPS) is 19.7. The lowest BCUT2D eigenvalue weighted by Gasteiger charge is -2.51. The fraction of sp³-hybridized carbons (Fsp3) is 0.227. The second-order valence-corrected chi connectivity index (χ2v) is 7.94. The Morgan fingerprint density at radius 3 is 2.33 bits per heavy atom. The van der Waals surface area contributed by atoms with Crippen LogP contribution >= 0.6 is 15.9 Å². The highest BCUT2D eigenvalue weighted by Gasteiger charge is 2.52. The van der Waals surface area contributed by atoms with Crippen LogP contribution in [0.2, 0.25) is 0 Å². The first-order valence-corrected chi connectivity index (χ1v) is 10.0. The monoisotopic (exact) mass is 472 g/mol. The van der Waals surface area contributed by atoms with E-state index in [4.69, 9.17) is 0 Å². The summed E-state index contributed by atoms with van der Waals surface area (Å²) < 4.78 is 0.848. The van der Waals surface area contributed by atoms with Gasteiger partial charge in [-0.3, -0.25) is 19.3 Å². The van der Waals surface area contributed by atoms with E-state index >= 15 is 0 Å². The number of halogens is 1. The molecule has 2 N–H and O–H groups in total. The zero-order chi connectivity index (χ0) is 21.8. The van der Waals surface area contributed by atoms with E-state index < -0.39 is 42.5 Å². The Morgan fingerprint density at radius 2 is 1.77 bits per heavy atom. The largest absolute Gasteiger partial charge is 0.480 e. The Balaban J connectivity index is 1.90. The minimum absolute atomic E-state index is 0.410. The maximum Gasteiger partial charge on any atom is 0.324 e. The van der Waals surface area contributed by atoms with E-state index in [0.29, 0.717) is 0 Å². The van der Waals surface area contributed by atoms with Crippen LogP contribution in [0.25, 0.3) is 6.08 Å². The topological polar surface area (TPSA) is 98.2 Å². The summed E-state index contributed by atoms with van der Waals surface area (Å²) in [6, 6.07) is 14.1. The average Bonchev–Trinajstić information content (AvgIpc) is 2.71. The van der Waals surface area contributed by atoms with Crippen molar-refractivity contribution in [2.24, 2.45) is 0 Å². The summed E-state index contributed by atoms with van der Waals surface area (Å²) in [5.41, 5.74) is 1.58. The maximum atomic E-state index is 12.8. The highest BCUT2D eigenvalue weighted by molar-refractivity contribution is 9.10. The Morgan fingerprint density at radius 1 is 1.13 bits per heavy atom. The van der Waals surface area contributed by atoms with Gasteiger partial charge in [-0.25, -0.2) is 0 Å². The molecule has 1 aliphatic rings. The highest BCUT2D eigenvalue weighted by atomic mass is 79.9. The number of rotatable bonds is 8. The van der Waals surface area contributed by atoms with Crippen LogP contribution in [0.15, 0.2) is 65.1 Å². The number of amides is 1. The van der Waals surface area contributed by atoms with E-state index in [2.05, 4.69) is 15.9 Å². The molecule has 0 radical (unpaired) electrons. The summed E-state index contributed by atoms with van der Waals surface area (Å²) in [6.45, 7) is -0.443. The number of hydrogen-bond acceptors (Lipinski definition) is 4. The lowest BCUT2D eigenvalue weighted by Crippen LogP contribution is -2.67. The van der Waals surface area contributed by atoms with Gasteiger partial charge in [0.1, 0.15) is 18.6 Å². The molecule has 156 valence electrons. The number of likely N-dealkylation sites (tertiary alicyclic amines) is 1. The lowest BCUT2D eigenvalue weighted by atomic mass is 9.86. The number of carboxylic acid groups (broad SMARTS) is 2. The van der Waals surface area contributed by atoms with Gasteiger partial charge in [0, 0.05) is 4.47 Å². The van der Waals surface area contributed by atoms with Gasteiger partial charge in [-0.15, -0.1) is 0 Å². The van der Waals surface area contributed by atoms with Crippen molar-refractivity contribution in [1.82, 2.24) is 9.80 Å². The molecule has 8 heteroatoms. The number of hydrogen-bond donors (Lipinski definition) is 2. The van der Waals surface area contributed by atoms with Gasteiger partial charge in [-0.1, -0.05) is 70.5 Å². The van der Waals surface area contributed by atoms with Crippen LogP contribution in [0.4, 0.5) is 0 Å². The third-order valence-electron chi connectivity index (χ3n) is 5.09. The fourth-order valence-electron chi connectivity index (χ4n) is 3.60. The summed E-state index contributed by atoms with van der Waals surface area (Å²) in [5, 5.41) is 19.0. The molecule has 2 aromatic carbocycles. The third-order valence-corrected chi connectivity index (χ3v) is 5.62. The van der Waals surface area contributed by atoms with Crippen LogP contribution in [0.5, 0.6) is 0 Å². The number of carbonyl (C=O) groups excluding carboxylic acids is 1. The third kappa shape index (κ3) is 4.60. The summed E-state index contributed by atoms with van der Waals surface area (Å²) in [4.78, 5) is 38.7. The zero-order valence-electron chi connectivity index (χ0n) is 16.2. The molecule has 0 spiro atoms. The second-order valence-electron chi connectivity index (χ2n) is 7.02. The fourth-order valence-corrected chi connectivity index (χ4v) is 3.87. The van der Waals surface area contributed by atoms with Crippen molar-refractivity contribution in [3.8, 4) is 0 Å². The first kappa shape index (κ1) is 21.7. The Labute approximate surface area is 182 Å². The standard InChI is InChI=1S/C22H21BrN2O5/c1-24(17(22(29)30)12-7-14-5-3-2-4-6-14)20-19(15-8-10-16(23)11-9-15)25(21(20)28)13-18(26)27/h2-12,17,19-20H,13H2,1H3,(H,26,27)(H,29,30)/b12-7+/t17?,19-,20+/m1/s1. The predicted octanol–water partition coefficient (Wildman–Crippen LogP) is 2.88. The molecule has 1 fully saturated rings. The molecule has 2 aromatic rings. The molecule has 30 heavy (non-hydrogen) atoms. The van der Waals surface area contributed by atoms with Gasteiger partial charge in [-0.2, -0.15) is 0 Å². The molecular formula is C22H21BrN2O5. The van der Waals surface area contributed by atoms with Gasteiger partial charge in [0.25, 0.3) is 0 Å². The maximum absolute atomic E-state index is 12.8. The van der Waals surface area contributed by atoms with Gasteiger partial charge in [0.05, 0.1) is 6.04 Å². The van der Waals surface area contributed by atoms with E-state index in [-0.39, 0.29) is 0 Å². The molecule has 0 bridgehead atoms. The van der Waals surface area contributed by atoms with Gasteiger partial charge >= 0.3 is 11.9 Å².